The molecule has 4 nitrogen and oxygen atoms in total. The summed E-state index contributed by atoms with van der Waals surface area (Å²) in [5.41, 5.74) is 0. The first-order valence-electron chi connectivity index (χ1n) is 7.17. The van der Waals surface area contributed by atoms with Gasteiger partial charge in [-0.25, -0.2) is 0 Å². The molecule has 0 aliphatic heterocycles. The van der Waals surface area contributed by atoms with Crippen molar-refractivity contribution in [3.05, 3.63) is 22.4 Å². The molecule has 1 aliphatic rings. The number of hydrogen-bond donors (Lipinski definition) is 1. The van der Waals surface area contributed by atoms with Gasteiger partial charge in [-0.1, -0.05) is 6.07 Å². The van der Waals surface area contributed by atoms with Crippen molar-refractivity contribution in [1.29, 1.82) is 0 Å². The zero-order valence-corrected chi connectivity index (χ0v) is 12.4. The van der Waals surface area contributed by atoms with E-state index >= 15 is 0 Å². The molecule has 5 heteroatoms. The molecule has 1 aromatic rings. The molecule has 1 heterocycles. The number of amides is 1. The number of nitrogens with one attached hydrogen (secondary N) is 1. The summed E-state index contributed by atoms with van der Waals surface area (Å²) >= 11 is 1.42. The predicted octanol–water partition coefficient (Wildman–Crippen LogP) is 2.64. The van der Waals surface area contributed by atoms with Gasteiger partial charge in [0.1, 0.15) is 0 Å². The summed E-state index contributed by atoms with van der Waals surface area (Å²) in [5.74, 6) is 0.771. The number of carbonyl (C=O) groups is 2. The van der Waals surface area contributed by atoms with Crippen LogP contribution < -0.4 is 5.32 Å². The minimum Gasteiger partial charge on any atom is -0.381 e. The highest BCUT2D eigenvalue weighted by Crippen LogP contribution is 2.28. The second-order valence-corrected chi connectivity index (χ2v) is 6.07. The molecule has 0 saturated heterocycles. The van der Waals surface area contributed by atoms with Crippen molar-refractivity contribution in [3.8, 4) is 0 Å². The van der Waals surface area contributed by atoms with E-state index in [0.717, 1.165) is 23.8 Å². The van der Waals surface area contributed by atoms with Gasteiger partial charge in [-0.05, 0) is 36.6 Å². The summed E-state index contributed by atoms with van der Waals surface area (Å²) in [5, 5.41) is 4.69. The lowest BCUT2D eigenvalue weighted by atomic mass is 10.2. The van der Waals surface area contributed by atoms with Gasteiger partial charge in [-0.3, -0.25) is 9.59 Å². The Balaban J connectivity index is 1.46. The number of thiophene rings is 1. The lowest BCUT2D eigenvalue weighted by molar-refractivity contribution is -0.121. The smallest absolute Gasteiger partial charge is 0.220 e. The summed E-state index contributed by atoms with van der Waals surface area (Å²) in [6.45, 7) is 2.19. The molecule has 2 rings (SSSR count). The molecule has 20 heavy (non-hydrogen) atoms. The highest BCUT2D eigenvalue weighted by Gasteiger charge is 2.20. The Bertz CT molecular complexity index is 426. The average Bonchev–Trinajstić information content (AvgIpc) is 3.10. The SMILES string of the molecule is O=C(CCC(=O)c1cccs1)NCCCOCC1CC1. The molecular weight excluding hydrogens is 274 g/mol. The van der Waals surface area contributed by atoms with Crippen molar-refractivity contribution >= 4 is 23.0 Å². The Labute approximate surface area is 123 Å². The third kappa shape index (κ3) is 5.84. The molecule has 1 N–H and O–H groups in total. The van der Waals surface area contributed by atoms with Crippen LogP contribution in [-0.2, 0) is 9.53 Å². The molecule has 0 unspecified atom stereocenters. The molecule has 0 bridgehead atoms. The molecular formula is C15H21NO3S. The van der Waals surface area contributed by atoms with Crippen molar-refractivity contribution in [3.63, 3.8) is 0 Å². The molecule has 1 saturated carbocycles. The first kappa shape index (κ1) is 15.2. The van der Waals surface area contributed by atoms with Crippen LogP contribution in [0, 0.1) is 5.92 Å². The maximum absolute atomic E-state index is 11.7. The first-order chi connectivity index (χ1) is 9.75. The lowest BCUT2D eigenvalue weighted by Gasteiger charge is -2.05. The first-order valence-corrected chi connectivity index (χ1v) is 8.05. The zero-order chi connectivity index (χ0) is 14.2. The summed E-state index contributed by atoms with van der Waals surface area (Å²) < 4.78 is 5.48. The van der Waals surface area contributed by atoms with E-state index < -0.39 is 0 Å². The Kier molecular flexibility index (Phi) is 6.21. The van der Waals surface area contributed by atoms with Crippen LogP contribution >= 0.6 is 11.3 Å². The predicted molar refractivity (Wildman–Crippen MR) is 79.1 cm³/mol. The van der Waals surface area contributed by atoms with Gasteiger partial charge in [0, 0.05) is 32.6 Å². The minimum absolute atomic E-state index is 0.0444. The van der Waals surface area contributed by atoms with Crippen LogP contribution in [0.25, 0.3) is 0 Å². The molecule has 1 amide bonds. The van der Waals surface area contributed by atoms with Crippen LogP contribution in [-0.4, -0.2) is 31.4 Å². The van der Waals surface area contributed by atoms with Crippen molar-refractivity contribution in [2.45, 2.75) is 32.1 Å². The second kappa shape index (κ2) is 8.17. The lowest BCUT2D eigenvalue weighted by Crippen LogP contribution is -2.25. The van der Waals surface area contributed by atoms with E-state index in [1.807, 2.05) is 11.4 Å². The number of ether oxygens (including phenoxy) is 1. The van der Waals surface area contributed by atoms with Crippen LogP contribution in [0.15, 0.2) is 17.5 Å². The van der Waals surface area contributed by atoms with Gasteiger partial charge in [0.25, 0.3) is 0 Å². The molecule has 110 valence electrons. The van der Waals surface area contributed by atoms with Gasteiger partial charge in [-0.15, -0.1) is 11.3 Å². The summed E-state index contributed by atoms with van der Waals surface area (Å²) in [4.78, 5) is 24.0. The standard InChI is InChI=1S/C15H21NO3S/c17-13(14-3-1-10-20-14)6-7-15(18)16-8-2-9-19-11-12-4-5-12/h1,3,10,12H,2,4-9,11H2,(H,16,18). The van der Waals surface area contributed by atoms with Crippen LogP contribution in [0.3, 0.4) is 0 Å². The number of rotatable bonds is 10. The normalized spacial score (nSPS) is 14.2. The monoisotopic (exact) mass is 295 g/mol. The largest absolute Gasteiger partial charge is 0.381 e. The van der Waals surface area contributed by atoms with Gasteiger partial charge < -0.3 is 10.1 Å². The van der Waals surface area contributed by atoms with E-state index in [1.54, 1.807) is 6.07 Å². The van der Waals surface area contributed by atoms with Crippen LogP contribution in [0.4, 0.5) is 0 Å². The summed E-state index contributed by atoms with van der Waals surface area (Å²) in [6.07, 6.45) is 3.98. The second-order valence-electron chi connectivity index (χ2n) is 5.12. The number of ketones is 1. The Morgan fingerprint density at radius 1 is 1.35 bits per heavy atom. The van der Waals surface area contributed by atoms with E-state index in [2.05, 4.69) is 5.32 Å². The van der Waals surface area contributed by atoms with Crippen molar-refractivity contribution < 1.29 is 14.3 Å². The number of Topliss-reactive ketones (excluding diaryl/α,β-unsaturated/α-hetero) is 1. The van der Waals surface area contributed by atoms with E-state index in [1.165, 1.54) is 24.2 Å². The average molecular weight is 295 g/mol. The van der Waals surface area contributed by atoms with E-state index in [4.69, 9.17) is 4.74 Å². The molecule has 0 atom stereocenters. The fraction of sp³-hybridized carbons (Fsp3) is 0.600. The van der Waals surface area contributed by atoms with Crippen LogP contribution in [0.1, 0.15) is 41.8 Å². The van der Waals surface area contributed by atoms with E-state index in [-0.39, 0.29) is 24.5 Å². The van der Waals surface area contributed by atoms with Crippen LogP contribution in [0.5, 0.6) is 0 Å². The quantitative estimate of drug-likeness (QED) is 0.533. The van der Waals surface area contributed by atoms with Crippen molar-refractivity contribution in [2.75, 3.05) is 19.8 Å². The van der Waals surface area contributed by atoms with Gasteiger partial charge in [0.15, 0.2) is 5.78 Å². The molecule has 1 fully saturated rings. The van der Waals surface area contributed by atoms with Crippen molar-refractivity contribution in [1.82, 2.24) is 5.32 Å². The Morgan fingerprint density at radius 3 is 2.90 bits per heavy atom. The third-order valence-corrected chi connectivity index (χ3v) is 4.12. The summed E-state index contributed by atoms with van der Waals surface area (Å²) in [6, 6.07) is 3.64. The molecule has 0 radical (unpaired) electrons. The Hall–Kier alpha value is -1.20. The molecule has 0 spiro atoms. The van der Waals surface area contributed by atoms with Gasteiger partial charge in [-0.2, -0.15) is 0 Å². The third-order valence-electron chi connectivity index (χ3n) is 3.21. The Morgan fingerprint density at radius 2 is 2.20 bits per heavy atom. The number of carbonyl (C=O) groups excluding carboxylic acids is 2. The van der Waals surface area contributed by atoms with Gasteiger partial charge in [0.05, 0.1) is 4.88 Å². The fourth-order valence-electron chi connectivity index (χ4n) is 1.81. The maximum Gasteiger partial charge on any atom is 0.220 e. The summed E-state index contributed by atoms with van der Waals surface area (Å²) in [7, 11) is 0. The van der Waals surface area contributed by atoms with Gasteiger partial charge >= 0.3 is 0 Å². The molecule has 0 aromatic carbocycles. The molecule has 1 aromatic heterocycles. The maximum atomic E-state index is 11.7. The highest BCUT2D eigenvalue weighted by molar-refractivity contribution is 7.12. The molecule has 1 aliphatic carbocycles. The van der Waals surface area contributed by atoms with E-state index in [9.17, 15) is 9.59 Å². The fourth-order valence-corrected chi connectivity index (χ4v) is 2.51. The van der Waals surface area contributed by atoms with Crippen molar-refractivity contribution in [2.24, 2.45) is 5.92 Å². The highest BCUT2D eigenvalue weighted by atomic mass is 32.1. The van der Waals surface area contributed by atoms with Crippen LogP contribution in [0.2, 0.25) is 0 Å². The van der Waals surface area contributed by atoms with E-state index in [0.29, 0.717) is 13.2 Å². The topological polar surface area (TPSA) is 55.4 Å². The van der Waals surface area contributed by atoms with Gasteiger partial charge in [0.2, 0.25) is 5.91 Å². The minimum atomic E-state index is -0.0582. The zero-order valence-electron chi connectivity index (χ0n) is 11.6. The number of hydrogen-bond acceptors (Lipinski definition) is 4.